The second-order valence-electron chi connectivity index (χ2n) is 11.6. The Hall–Kier alpha value is -2.38. The second kappa shape index (κ2) is 9.18. The van der Waals surface area contributed by atoms with E-state index in [2.05, 4.69) is 17.4 Å². The van der Waals surface area contributed by atoms with E-state index in [1.807, 2.05) is 12.1 Å². The van der Waals surface area contributed by atoms with Crippen molar-refractivity contribution < 1.29 is 17.9 Å². The van der Waals surface area contributed by atoms with Crippen LogP contribution < -0.4 is 10.1 Å². The van der Waals surface area contributed by atoms with Crippen LogP contribution in [0.1, 0.15) is 56.9 Å². The van der Waals surface area contributed by atoms with Gasteiger partial charge in [0.15, 0.2) is 0 Å². The van der Waals surface area contributed by atoms with Gasteiger partial charge in [0, 0.05) is 18.8 Å². The monoisotopic (exact) mass is 508 g/mol. The predicted molar refractivity (Wildman–Crippen MR) is 139 cm³/mol. The van der Waals surface area contributed by atoms with Crippen molar-refractivity contribution in [1.82, 2.24) is 4.31 Å². The molecule has 2 aromatic carbocycles. The Bertz CT molecular complexity index is 1190. The Kier molecular flexibility index (Phi) is 6.11. The fourth-order valence-corrected chi connectivity index (χ4v) is 9.41. The number of carbonyl (C=O) groups is 1. The van der Waals surface area contributed by atoms with Crippen LogP contribution in [0.5, 0.6) is 5.75 Å². The summed E-state index contributed by atoms with van der Waals surface area (Å²) in [5, 5.41) is 3.06. The van der Waals surface area contributed by atoms with E-state index in [1.54, 1.807) is 31.4 Å². The summed E-state index contributed by atoms with van der Waals surface area (Å²) >= 11 is 0. The van der Waals surface area contributed by atoms with E-state index in [0.29, 0.717) is 30.6 Å². The number of anilines is 1. The Labute approximate surface area is 214 Å². The summed E-state index contributed by atoms with van der Waals surface area (Å²) in [5.41, 5.74) is 2.58. The molecule has 7 rings (SSSR count). The molecule has 1 aliphatic heterocycles. The number of rotatable bonds is 6. The molecule has 4 aliphatic carbocycles. The predicted octanol–water partition coefficient (Wildman–Crippen LogP) is 5.20. The molecular formula is C29H36N2O4S. The number of piperidine rings is 1. The number of nitrogens with zero attached hydrogens (tertiary/aromatic N) is 1. The minimum atomic E-state index is -3.66. The maximum absolute atomic E-state index is 13.2. The third-order valence-electron chi connectivity index (χ3n) is 9.26. The average molecular weight is 509 g/mol. The van der Waals surface area contributed by atoms with Gasteiger partial charge in [-0.3, -0.25) is 4.79 Å². The van der Waals surface area contributed by atoms with Crippen LogP contribution in [-0.2, 0) is 20.2 Å². The highest BCUT2D eigenvalue weighted by Gasteiger charge is 2.51. The fourth-order valence-electron chi connectivity index (χ4n) is 7.89. The number of hydrogen-bond donors (Lipinski definition) is 1. The normalized spacial score (nSPS) is 31.8. The van der Waals surface area contributed by atoms with Crippen molar-refractivity contribution in [2.24, 2.45) is 23.7 Å². The van der Waals surface area contributed by atoms with E-state index in [-0.39, 0.29) is 23.3 Å². The minimum absolute atomic E-state index is 0.104. The lowest BCUT2D eigenvalue weighted by atomic mass is 9.48. The number of benzene rings is 2. The van der Waals surface area contributed by atoms with Crippen LogP contribution in [0.25, 0.3) is 0 Å². The Morgan fingerprint density at radius 3 is 2.14 bits per heavy atom. The summed E-state index contributed by atoms with van der Waals surface area (Å²) < 4.78 is 32.9. The summed E-state index contributed by atoms with van der Waals surface area (Å²) in [6.45, 7) is 0.628. The maximum Gasteiger partial charge on any atom is 0.243 e. The number of ether oxygens (including phenoxy) is 1. The van der Waals surface area contributed by atoms with Crippen molar-refractivity contribution in [3.63, 3.8) is 0 Å². The molecule has 36 heavy (non-hydrogen) atoms. The molecule has 5 fully saturated rings. The van der Waals surface area contributed by atoms with Crippen molar-refractivity contribution in [1.29, 1.82) is 0 Å². The minimum Gasteiger partial charge on any atom is -0.497 e. The highest BCUT2D eigenvalue weighted by Crippen LogP contribution is 2.60. The first-order valence-electron chi connectivity index (χ1n) is 13.4. The molecule has 1 N–H and O–H groups in total. The Balaban J connectivity index is 1.11. The highest BCUT2D eigenvalue weighted by atomic mass is 32.2. The zero-order chi connectivity index (χ0) is 24.9. The third kappa shape index (κ3) is 4.34. The zero-order valence-electron chi connectivity index (χ0n) is 21.0. The van der Waals surface area contributed by atoms with Crippen LogP contribution in [0.2, 0.25) is 0 Å². The van der Waals surface area contributed by atoms with Crippen molar-refractivity contribution in [2.75, 3.05) is 25.5 Å². The molecule has 0 aromatic heterocycles. The molecule has 4 bridgehead atoms. The van der Waals surface area contributed by atoms with Gasteiger partial charge in [-0.2, -0.15) is 4.31 Å². The molecule has 1 amide bonds. The molecule has 1 saturated heterocycles. The smallest absolute Gasteiger partial charge is 0.243 e. The quantitative estimate of drug-likeness (QED) is 0.582. The van der Waals surface area contributed by atoms with Crippen LogP contribution in [0.4, 0.5) is 5.69 Å². The fraction of sp³-hybridized carbons (Fsp3) is 0.552. The third-order valence-corrected chi connectivity index (χ3v) is 11.1. The van der Waals surface area contributed by atoms with E-state index in [1.165, 1.54) is 48.4 Å². The van der Waals surface area contributed by atoms with Crippen LogP contribution in [0.15, 0.2) is 53.4 Å². The van der Waals surface area contributed by atoms with Crippen LogP contribution >= 0.6 is 0 Å². The zero-order valence-corrected chi connectivity index (χ0v) is 21.8. The number of nitrogens with one attached hydrogen (secondary N) is 1. The van der Waals surface area contributed by atoms with Gasteiger partial charge < -0.3 is 10.1 Å². The first-order valence-corrected chi connectivity index (χ1v) is 14.8. The van der Waals surface area contributed by atoms with E-state index in [0.717, 1.165) is 23.4 Å². The molecule has 4 saturated carbocycles. The molecule has 5 aliphatic rings. The maximum atomic E-state index is 13.2. The molecule has 1 heterocycles. The van der Waals surface area contributed by atoms with Crippen molar-refractivity contribution in [3.05, 3.63) is 54.1 Å². The Morgan fingerprint density at radius 1 is 0.944 bits per heavy atom. The lowest BCUT2D eigenvalue weighted by molar-refractivity contribution is -0.120. The molecule has 192 valence electrons. The number of methoxy groups -OCH3 is 1. The van der Waals surface area contributed by atoms with Crippen molar-refractivity contribution in [3.8, 4) is 5.75 Å². The number of hydrogen-bond acceptors (Lipinski definition) is 4. The summed E-state index contributed by atoms with van der Waals surface area (Å²) in [5.74, 6) is 2.85. The molecule has 0 spiro atoms. The van der Waals surface area contributed by atoms with Crippen LogP contribution in [-0.4, -0.2) is 38.8 Å². The molecule has 6 nitrogen and oxygen atoms in total. The summed E-state index contributed by atoms with van der Waals surface area (Å²) in [7, 11) is -2.11. The lowest BCUT2D eigenvalue weighted by Crippen LogP contribution is -2.48. The summed E-state index contributed by atoms with van der Waals surface area (Å²) in [6, 6.07) is 14.9. The number of amides is 1. The molecule has 0 unspecified atom stereocenters. The van der Waals surface area contributed by atoms with Gasteiger partial charge in [0.05, 0.1) is 17.9 Å². The molecular weight excluding hydrogens is 472 g/mol. The van der Waals surface area contributed by atoms with Crippen molar-refractivity contribution >= 4 is 21.6 Å². The number of carbonyl (C=O) groups excluding carboxylic acids is 1. The molecule has 2 aromatic rings. The molecule has 7 heteroatoms. The van der Waals surface area contributed by atoms with Gasteiger partial charge in [-0.05, 0) is 116 Å². The van der Waals surface area contributed by atoms with Crippen LogP contribution in [0.3, 0.4) is 0 Å². The summed E-state index contributed by atoms with van der Waals surface area (Å²) in [6.07, 6.45) is 9.62. The molecule has 1 atom stereocenters. The highest BCUT2D eigenvalue weighted by molar-refractivity contribution is 7.89. The van der Waals surface area contributed by atoms with Gasteiger partial charge in [0.1, 0.15) is 5.75 Å². The first kappa shape index (κ1) is 24.0. The number of sulfonamides is 1. The van der Waals surface area contributed by atoms with Gasteiger partial charge in [-0.15, -0.1) is 0 Å². The van der Waals surface area contributed by atoms with E-state index in [4.69, 9.17) is 4.74 Å². The summed E-state index contributed by atoms with van der Waals surface area (Å²) in [4.78, 5) is 13.3. The standard InChI is InChI=1S/C29H36N2O4S/c1-35-26-8-10-27(11-9-26)36(33,34)31-12-2-3-23(19-31)28(32)30-25-6-4-24(5-7-25)29-16-20-13-21(17-29)15-22(14-20)18-29/h4-11,20-23H,2-3,12-19H2,1H3,(H,30,32)/t20?,21?,22?,23-,29?/m1/s1. The van der Waals surface area contributed by atoms with Gasteiger partial charge in [0.2, 0.25) is 15.9 Å². The van der Waals surface area contributed by atoms with Crippen LogP contribution in [0, 0.1) is 23.7 Å². The van der Waals surface area contributed by atoms with Gasteiger partial charge in [-0.25, -0.2) is 8.42 Å². The van der Waals surface area contributed by atoms with E-state index >= 15 is 0 Å². The lowest BCUT2D eigenvalue weighted by Gasteiger charge is -2.57. The van der Waals surface area contributed by atoms with E-state index in [9.17, 15) is 13.2 Å². The van der Waals surface area contributed by atoms with Gasteiger partial charge in [-0.1, -0.05) is 12.1 Å². The average Bonchev–Trinajstić information content (AvgIpc) is 2.88. The van der Waals surface area contributed by atoms with Gasteiger partial charge in [0.25, 0.3) is 0 Å². The van der Waals surface area contributed by atoms with Crippen molar-refractivity contribution in [2.45, 2.75) is 61.7 Å². The molecule has 0 radical (unpaired) electrons. The Morgan fingerprint density at radius 2 is 1.56 bits per heavy atom. The SMILES string of the molecule is COc1ccc(S(=O)(=O)N2CCC[C@@H](C(=O)Nc3ccc(C45CC6CC(CC(C6)C4)C5)cc3)C2)cc1. The second-order valence-corrected chi connectivity index (χ2v) is 13.6. The first-order chi connectivity index (χ1) is 17.3. The van der Waals surface area contributed by atoms with E-state index < -0.39 is 10.0 Å². The largest absolute Gasteiger partial charge is 0.497 e. The topological polar surface area (TPSA) is 75.7 Å². The van der Waals surface area contributed by atoms with Gasteiger partial charge >= 0.3 is 0 Å².